The van der Waals surface area contributed by atoms with Crippen molar-refractivity contribution >= 4 is 16.0 Å². The second kappa shape index (κ2) is 32.5. The molecule has 0 radical (unpaired) electrons. The van der Waals surface area contributed by atoms with E-state index in [9.17, 15) is 22.9 Å². The van der Waals surface area contributed by atoms with Gasteiger partial charge in [-0.25, -0.2) is 0 Å². The number of aliphatic hydroxyl groups excluding tert-OH is 1. The van der Waals surface area contributed by atoms with Gasteiger partial charge in [-0.05, 0) is 44.9 Å². The van der Waals surface area contributed by atoms with Crippen LogP contribution in [0, 0.1) is 0 Å². The molecule has 264 valence electrons. The van der Waals surface area contributed by atoms with Crippen molar-refractivity contribution in [3.8, 4) is 0 Å². The maximum absolute atomic E-state index is 12.5. The lowest BCUT2D eigenvalue weighted by Crippen LogP contribution is -2.46. The quantitative estimate of drug-likeness (QED) is 0.0371. The first-order valence-electron chi connectivity index (χ1n) is 18.7. The average molecular weight is 654 g/mol. The fourth-order valence-electron chi connectivity index (χ4n) is 5.48. The van der Waals surface area contributed by atoms with Crippen molar-refractivity contribution in [2.24, 2.45) is 0 Å². The standard InChI is InChI=1S/C38H71NO5S/c1-3-5-7-9-11-13-15-17-19-21-23-25-27-29-31-33-37(40)36(35-45(42,43)44)39-38(41)34-32-30-28-26-24-22-20-18-16-14-12-10-8-6-4-2/h15,17,23,25,31,33,36-37,40H,3-14,16,18-22,24,26-30,32,34-35H2,1-2H3,(H,39,41)(H,42,43,44)/b17-15+,25-23+,33-31+. The van der Waals surface area contributed by atoms with E-state index in [1.54, 1.807) is 6.08 Å². The SMILES string of the molecule is CCCCCCC/C=C/CC/C=C/CC/C=C/C(O)C(CS(=O)(=O)O)NC(=O)CCCCCCCCCCCCCCCCC. The van der Waals surface area contributed by atoms with Gasteiger partial charge in [0.05, 0.1) is 17.9 Å². The van der Waals surface area contributed by atoms with Gasteiger partial charge in [0.1, 0.15) is 0 Å². The zero-order valence-electron chi connectivity index (χ0n) is 29.2. The molecular formula is C38H71NO5S. The van der Waals surface area contributed by atoms with Crippen molar-refractivity contribution in [3.63, 3.8) is 0 Å². The van der Waals surface area contributed by atoms with Gasteiger partial charge in [0, 0.05) is 6.42 Å². The lowest BCUT2D eigenvalue weighted by atomic mass is 10.0. The van der Waals surface area contributed by atoms with Gasteiger partial charge in [-0.1, -0.05) is 166 Å². The minimum Gasteiger partial charge on any atom is -0.387 e. The van der Waals surface area contributed by atoms with E-state index in [0.29, 0.717) is 6.42 Å². The lowest BCUT2D eigenvalue weighted by molar-refractivity contribution is -0.122. The summed E-state index contributed by atoms with van der Waals surface area (Å²) in [5.74, 6) is -1.01. The van der Waals surface area contributed by atoms with Crippen LogP contribution in [0.3, 0.4) is 0 Å². The van der Waals surface area contributed by atoms with Crippen LogP contribution in [0.25, 0.3) is 0 Å². The third-order valence-corrected chi connectivity index (χ3v) is 9.08. The minimum atomic E-state index is -4.35. The number of unbranched alkanes of at least 4 members (excludes halogenated alkanes) is 21. The zero-order chi connectivity index (χ0) is 33.3. The largest absolute Gasteiger partial charge is 0.387 e. The highest BCUT2D eigenvalue weighted by molar-refractivity contribution is 7.85. The van der Waals surface area contributed by atoms with Crippen molar-refractivity contribution in [1.29, 1.82) is 0 Å². The average Bonchev–Trinajstić information content (AvgIpc) is 3.00. The lowest BCUT2D eigenvalue weighted by Gasteiger charge is -2.21. The molecule has 0 aromatic carbocycles. The Morgan fingerprint density at radius 1 is 0.578 bits per heavy atom. The van der Waals surface area contributed by atoms with E-state index >= 15 is 0 Å². The van der Waals surface area contributed by atoms with Crippen LogP contribution in [-0.4, -0.2) is 41.9 Å². The molecule has 0 aliphatic rings. The molecule has 0 aromatic rings. The van der Waals surface area contributed by atoms with E-state index in [1.807, 2.05) is 0 Å². The predicted octanol–water partition coefficient (Wildman–Crippen LogP) is 10.6. The van der Waals surface area contributed by atoms with E-state index in [4.69, 9.17) is 0 Å². The number of aliphatic hydroxyl groups is 1. The summed E-state index contributed by atoms with van der Waals surface area (Å²) < 4.78 is 32.3. The molecule has 6 nitrogen and oxygen atoms in total. The molecule has 2 atom stereocenters. The fraction of sp³-hybridized carbons (Fsp3) is 0.816. The molecule has 0 aromatic heterocycles. The number of hydrogen-bond donors (Lipinski definition) is 3. The summed E-state index contributed by atoms with van der Waals surface area (Å²) in [6, 6.07) is -1.07. The van der Waals surface area contributed by atoms with Crippen LogP contribution in [0.15, 0.2) is 36.5 Å². The monoisotopic (exact) mass is 654 g/mol. The van der Waals surface area contributed by atoms with Crippen LogP contribution >= 0.6 is 0 Å². The first-order chi connectivity index (χ1) is 21.8. The number of amides is 1. The molecule has 0 fully saturated rings. The molecular weight excluding hydrogens is 582 g/mol. The highest BCUT2D eigenvalue weighted by atomic mass is 32.2. The van der Waals surface area contributed by atoms with Gasteiger partial charge >= 0.3 is 0 Å². The van der Waals surface area contributed by atoms with Crippen LogP contribution < -0.4 is 5.32 Å². The summed E-state index contributed by atoms with van der Waals surface area (Å²) in [5, 5.41) is 13.2. The predicted molar refractivity (Wildman–Crippen MR) is 193 cm³/mol. The van der Waals surface area contributed by atoms with E-state index in [0.717, 1.165) is 38.5 Å². The maximum Gasteiger partial charge on any atom is 0.267 e. The van der Waals surface area contributed by atoms with Gasteiger partial charge in [-0.3, -0.25) is 9.35 Å². The van der Waals surface area contributed by atoms with E-state index in [1.165, 1.54) is 122 Å². The number of carbonyl (C=O) groups is 1. The Balaban J connectivity index is 4.04. The smallest absolute Gasteiger partial charge is 0.267 e. The number of rotatable bonds is 33. The highest BCUT2D eigenvalue weighted by Crippen LogP contribution is 2.14. The van der Waals surface area contributed by atoms with E-state index in [2.05, 4.69) is 43.5 Å². The number of nitrogens with one attached hydrogen (secondary N) is 1. The topological polar surface area (TPSA) is 104 Å². The summed E-state index contributed by atoms with van der Waals surface area (Å²) in [7, 11) is -4.35. The van der Waals surface area contributed by atoms with Crippen molar-refractivity contribution in [3.05, 3.63) is 36.5 Å². The Morgan fingerprint density at radius 2 is 0.956 bits per heavy atom. The molecule has 3 N–H and O–H groups in total. The fourth-order valence-corrected chi connectivity index (χ4v) is 6.21. The van der Waals surface area contributed by atoms with Crippen LogP contribution in [-0.2, 0) is 14.9 Å². The molecule has 7 heteroatoms. The molecule has 0 saturated heterocycles. The summed E-state index contributed by atoms with van der Waals surface area (Å²) in [5.41, 5.74) is 0. The Bertz CT molecular complexity index is 852. The van der Waals surface area contributed by atoms with Gasteiger partial charge in [0.25, 0.3) is 10.1 Å². The Kier molecular flexibility index (Phi) is 31.5. The van der Waals surface area contributed by atoms with Crippen molar-refractivity contribution in [2.75, 3.05) is 5.75 Å². The van der Waals surface area contributed by atoms with Gasteiger partial charge < -0.3 is 10.4 Å². The summed E-state index contributed by atoms with van der Waals surface area (Å²) in [6.07, 6.45) is 41.2. The third kappa shape index (κ3) is 33.7. The van der Waals surface area contributed by atoms with Crippen molar-refractivity contribution in [1.82, 2.24) is 5.32 Å². The molecule has 0 saturated carbocycles. The molecule has 0 rings (SSSR count). The molecule has 0 bridgehead atoms. The van der Waals surface area contributed by atoms with Crippen LogP contribution in [0.4, 0.5) is 0 Å². The first kappa shape index (κ1) is 43.6. The number of allylic oxidation sites excluding steroid dienone is 5. The zero-order valence-corrected chi connectivity index (χ0v) is 30.1. The van der Waals surface area contributed by atoms with Gasteiger partial charge in [-0.2, -0.15) is 8.42 Å². The minimum absolute atomic E-state index is 0.287. The Morgan fingerprint density at radius 3 is 1.40 bits per heavy atom. The van der Waals surface area contributed by atoms with Crippen LogP contribution in [0.2, 0.25) is 0 Å². The third-order valence-electron chi connectivity index (χ3n) is 8.30. The normalized spacial score (nSPS) is 13.8. The summed E-state index contributed by atoms with van der Waals surface area (Å²) in [4.78, 5) is 12.5. The Hall–Kier alpha value is -1.44. The van der Waals surface area contributed by atoms with E-state index < -0.39 is 28.0 Å². The highest BCUT2D eigenvalue weighted by Gasteiger charge is 2.24. The first-order valence-corrected chi connectivity index (χ1v) is 20.3. The van der Waals surface area contributed by atoms with Gasteiger partial charge in [0.15, 0.2) is 0 Å². The molecule has 45 heavy (non-hydrogen) atoms. The van der Waals surface area contributed by atoms with Crippen LogP contribution in [0.5, 0.6) is 0 Å². The maximum atomic E-state index is 12.5. The molecule has 1 amide bonds. The summed E-state index contributed by atoms with van der Waals surface area (Å²) >= 11 is 0. The number of hydrogen-bond acceptors (Lipinski definition) is 4. The second-order valence-electron chi connectivity index (χ2n) is 12.8. The molecule has 2 unspecified atom stereocenters. The second-order valence-corrected chi connectivity index (χ2v) is 14.3. The van der Waals surface area contributed by atoms with E-state index in [-0.39, 0.29) is 12.3 Å². The van der Waals surface area contributed by atoms with Crippen molar-refractivity contribution < 1.29 is 22.9 Å². The van der Waals surface area contributed by atoms with Crippen molar-refractivity contribution in [2.45, 2.75) is 193 Å². The molecule has 0 heterocycles. The van der Waals surface area contributed by atoms with Gasteiger partial charge in [0.2, 0.25) is 5.91 Å². The molecule has 0 spiro atoms. The van der Waals surface area contributed by atoms with Crippen LogP contribution in [0.1, 0.15) is 181 Å². The molecule has 0 aliphatic heterocycles. The Labute approximate surface area is 278 Å². The number of carbonyl (C=O) groups excluding carboxylic acids is 1. The molecule has 0 aliphatic carbocycles. The summed E-state index contributed by atoms with van der Waals surface area (Å²) in [6.45, 7) is 4.49. The van der Waals surface area contributed by atoms with Gasteiger partial charge in [-0.15, -0.1) is 0 Å².